The van der Waals surface area contributed by atoms with Crippen LogP contribution in [0, 0.1) is 6.92 Å². The topological polar surface area (TPSA) is 73.2 Å². The Morgan fingerprint density at radius 3 is 3.00 bits per heavy atom. The third kappa shape index (κ3) is 2.70. The maximum absolute atomic E-state index is 5.65. The molecule has 0 aromatic carbocycles. The van der Waals surface area contributed by atoms with Crippen molar-refractivity contribution >= 4 is 0 Å². The molecule has 15 heavy (non-hydrogen) atoms. The van der Waals surface area contributed by atoms with E-state index in [1.165, 1.54) is 0 Å². The Hall–Kier alpha value is -1.07. The fourth-order valence-corrected chi connectivity index (χ4v) is 1.72. The van der Waals surface area contributed by atoms with Crippen molar-refractivity contribution < 1.29 is 9.47 Å². The summed E-state index contributed by atoms with van der Waals surface area (Å²) in [6.07, 6.45) is 2.42. The zero-order valence-electron chi connectivity index (χ0n) is 8.90. The van der Waals surface area contributed by atoms with Crippen LogP contribution in [0.25, 0.3) is 0 Å². The molecule has 0 bridgehead atoms. The number of rotatable bonds is 4. The van der Waals surface area contributed by atoms with E-state index in [2.05, 4.69) is 10.2 Å². The standard InChI is InChI=1S/C10H17N3O2/c1-7-4-10(13-12-7)14-6-9-3-2-8(5-11)15-9/h4,8-9H,2-3,5-6,11H2,1H3,(H,12,13). The van der Waals surface area contributed by atoms with Crippen LogP contribution in [-0.4, -0.2) is 35.6 Å². The van der Waals surface area contributed by atoms with Crippen molar-refractivity contribution in [3.05, 3.63) is 11.8 Å². The molecule has 1 aromatic rings. The predicted molar refractivity (Wildman–Crippen MR) is 55.8 cm³/mol. The first-order valence-corrected chi connectivity index (χ1v) is 5.28. The molecule has 0 aliphatic carbocycles. The van der Waals surface area contributed by atoms with E-state index in [4.69, 9.17) is 15.2 Å². The third-order valence-electron chi connectivity index (χ3n) is 2.56. The number of nitrogens with zero attached hydrogens (tertiary/aromatic N) is 1. The highest BCUT2D eigenvalue weighted by Gasteiger charge is 2.24. The molecule has 0 spiro atoms. The number of ether oxygens (including phenoxy) is 2. The van der Waals surface area contributed by atoms with Gasteiger partial charge in [0.15, 0.2) is 0 Å². The number of nitrogens with one attached hydrogen (secondary N) is 1. The van der Waals surface area contributed by atoms with E-state index in [1.807, 2.05) is 13.0 Å². The molecule has 1 aromatic heterocycles. The summed E-state index contributed by atoms with van der Waals surface area (Å²) in [6.45, 7) is 3.09. The molecule has 1 fully saturated rings. The van der Waals surface area contributed by atoms with Crippen molar-refractivity contribution in [1.29, 1.82) is 0 Å². The van der Waals surface area contributed by atoms with Gasteiger partial charge in [0.25, 0.3) is 0 Å². The van der Waals surface area contributed by atoms with Crippen LogP contribution in [0.4, 0.5) is 0 Å². The molecule has 84 valence electrons. The van der Waals surface area contributed by atoms with Crippen molar-refractivity contribution in [2.75, 3.05) is 13.2 Å². The van der Waals surface area contributed by atoms with Gasteiger partial charge in [0.2, 0.25) is 5.88 Å². The van der Waals surface area contributed by atoms with E-state index >= 15 is 0 Å². The number of aryl methyl sites for hydroxylation is 1. The summed E-state index contributed by atoms with van der Waals surface area (Å²) in [7, 11) is 0. The van der Waals surface area contributed by atoms with Crippen LogP contribution in [0.1, 0.15) is 18.5 Å². The van der Waals surface area contributed by atoms with Gasteiger partial charge < -0.3 is 15.2 Å². The van der Waals surface area contributed by atoms with Gasteiger partial charge in [-0.05, 0) is 19.8 Å². The zero-order valence-corrected chi connectivity index (χ0v) is 8.90. The van der Waals surface area contributed by atoms with E-state index in [9.17, 15) is 0 Å². The summed E-state index contributed by atoms with van der Waals surface area (Å²) < 4.78 is 11.1. The summed E-state index contributed by atoms with van der Waals surface area (Å²) in [5.74, 6) is 0.632. The molecule has 2 atom stereocenters. The van der Waals surface area contributed by atoms with E-state index < -0.39 is 0 Å². The normalized spacial score (nSPS) is 25.7. The molecule has 2 rings (SSSR count). The van der Waals surface area contributed by atoms with E-state index in [-0.39, 0.29) is 12.2 Å². The fraction of sp³-hybridized carbons (Fsp3) is 0.700. The summed E-state index contributed by atoms with van der Waals surface area (Å²) >= 11 is 0. The Morgan fingerprint density at radius 1 is 1.60 bits per heavy atom. The molecular weight excluding hydrogens is 194 g/mol. The smallest absolute Gasteiger partial charge is 0.232 e. The molecule has 1 saturated heterocycles. The van der Waals surface area contributed by atoms with Gasteiger partial charge in [-0.2, -0.15) is 0 Å². The average Bonchev–Trinajstić information content (AvgIpc) is 2.83. The minimum Gasteiger partial charge on any atom is -0.474 e. The second-order valence-electron chi connectivity index (χ2n) is 3.89. The molecule has 2 heterocycles. The Bertz CT molecular complexity index is 313. The summed E-state index contributed by atoms with van der Waals surface area (Å²) in [6, 6.07) is 1.87. The van der Waals surface area contributed by atoms with Gasteiger partial charge in [-0.15, -0.1) is 5.10 Å². The van der Waals surface area contributed by atoms with Gasteiger partial charge in [0.1, 0.15) is 6.61 Å². The van der Waals surface area contributed by atoms with Gasteiger partial charge in [0, 0.05) is 18.3 Å². The number of H-pyrrole nitrogens is 1. The van der Waals surface area contributed by atoms with Crippen LogP contribution in [-0.2, 0) is 4.74 Å². The Balaban J connectivity index is 1.75. The predicted octanol–water partition coefficient (Wildman–Crippen LogP) is 0.603. The lowest BCUT2D eigenvalue weighted by atomic mass is 10.2. The van der Waals surface area contributed by atoms with Crippen LogP contribution in [0.5, 0.6) is 5.88 Å². The van der Waals surface area contributed by atoms with Crippen molar-refractivity contribution in [1.82, 2.24) is 10.2 Å². The quantitative estimate of drug-likeness (QED) is 0.765. The molecule has 5 nitrogen and oxygen atoms in total. The van der Waals surface area contributed by atoms with Gasteiger partial charge in [-0.25, -0.2) is 0 Å². The maximum atomic E-state index is 5.65. The molecule has 5 heteroatoms. The van der Waals surface area contributed by atoms with Gasteiger partial charge in [-0.3, -0.25) is 5.10 Å². The Kier molecular flexibility index (Phi) is 3.23. The molecule has 0 radical (unpaired) electrons. The van der Waals surface area contributed by atoms with Crippen LogP contribution in [0.3, 0.4) is 0 Å². The summed E-state index contributed by atoms with van der Waals surface area (Å²) in [5.41, 5.74) is 6.52. The van der Waals surface area contributed by atoms with Crippen molar-refractivity contribution in [3.8, 4) is 5.88 Å². The lowest BCUT2D eigenvalue weighted by Gasteiger charge is -2.11. The second kappa shape index (κ2) is 4.63. The summed E-state index contributed by atoms with van der Waals surface area (Å²) in [4.78, 5) is 0. The number of nitrogens with two attached hydrogens (primary N) is 1. The molecule has 0 amide bonds. The average molecular weight is 211 g/mol. The Morgan fingerprint density at radius 2 is 2.40 bits per heavy atom. The van der Waals surface area contributed by atoms with Crippen LogP contribution in [0.15, 0.2) is 6.07 Å². The lowest BCUT2D eigenvalue weighted by molar-refractivity contribution is 0.0212. The van der Waals surface area contributed by atoms with E-state index in [1.54, 1.807) is 0 Å². The van der Waals surface area contributed by atoms with E-state index in [0.717, 1.165) is 18.5 Å². The van der Waals surface area contributed by atoms with Crippen molar-refractivity contribution in [2.24, 2.45) is 5.73 Å². The van der Waals surface area contributed by atoms with Crippen LogP contribution < -0.4 is 10.5 Å². The minimum absolute atomic E-state index is 0.163. The van der Waals surface area contributed by atoms with Gasteiger partial charge in [0.05, 0.1) is 12.2 Å². The van der Waals surface area contributed by atoms with Crippen LogP contribution >= 0.6 is 0 Å². The maximum Gasteiger partial charge on any atom is 0.232 e. The number of hydrogen-bond donors (Lipinski definition) is 2. The number of aromatic amines is 1. The highest BCUT2D eigenvalue weighted by atomic mass is 16.5. The molecule has 3 N–H and O–H groups in total. The van der Waals surface area contributed by atoms with Crippen molar-refractivity contribution in [2.45, 2.75) is 32.0 Å². The number of hydrogen-bond acceptors (Lipinski definition) is 4. The zero-order chi connectivity index (χ0) is 10.7. The molecule has 0 saturated carbocycles. The lowest BCUT2D eigenvalue weighted by Crippen LogP contribution is -2.23. The molecular formula is C10H17N3O2. The van der Waals surface area contributed by atoms with E-state index in [0.29, 0.717) is 19.0 Å². The fourth-order valence-electron chi connectivity index (χ4n) is 1.72. The third-order valence-corrected chi connectivity index (χ3v) is 2.56. The highest BCUT2D eigenvalue weighted by molar-refractivity contribution is 5.12. The summed E-state index contributed by atoms with van der Waals surface area (Å²) in [5, 5.41) is 6.82. The van der Waals surface area contributed by atoms with Gasteiger partial charge in [-0.1, -0.05) is 0 Å². The first-order chi connectivity index (χ1) is 7.28. The SMILES string of the molecule is Cc1cc(OCC2CCC(CN)O2)n[nH]1. The highest BCUT2D eigenvalue weighted by Crippen LogP contribution is 2.19. The largest absolute Gasteiger partial charge is 0.474 e. The first-order valence-electron chi connectivity index (χ1n) is 5.28. The van der Waals surface area contributed by atoms with Gasteiger partial charge >= 0.3 is 0 Å². The molecule has 1 aliphatic rings. The minimum atomic E-state index is 0.163. The second-order valence-corrected chi connectivity index (χ2v) is 3.89. The monoisotopic (exact) mass is 211 g/mol. The molecule has 1 aliphatic heterocycles. The Labute approximate surface area is 88.9 Å². The first kappa shape index (κ1) is 10.4. The number of aromatic nitrogens is 2. The van der Waals surface area contributed by atoms with Crippen molar-refractivity contribution in [3.63, 3.8) is 0 Å². The molecule has 2 unspecified atom stereocenters. The van der Waals surface area contributed by atoms with Crippen LogP contribution in [0.2, 0.25) is 0 Å².